The highest BCUT2D eigenvalue weighted by Gasteiger charge is 2.13. The zero-order chi connectivity index (χ0) is 20.1. The lowest BCUT2D eigenvalue weighted by molar-refractivity contribution is 0.102. The number of halogens is 1. The van der Waals surface area contributed by atoms with Crippen LogP contribution in [0, 0.1) is 6.92 Å². The van der Waals surface area contributed by atoms with E-state index in [2.05, 4.69) is 20.6 Å². The quantitative estimate of drug-likeness (QED) is 0.638. The molecule has 0 unspecified atom stereocenters. The van der Waals surface area contributed by atoms with Crippen LogP contribution in [0.5, 0.6) is 11.5 Å². The first-order valence-corrected chi connectivity index (χ1v) is 8.76. The predicted molar refractivity (Wildman–Crippen MR) is 109 cm³/mol. The summed E-state index contributed by atoms with van der Waals surface area (Å²) in [5.74, 6) is 1.21. The summed E-state index contributed by atoms with van der Waals surface area (Å²) in [7, 11) is 3.11. The number of rotatable bonds is 6. The predicted octanol–water partition coefficient (Wildman–Crippen LogP) is 4.45. The maximum Gasteiger partial charge on any atom is 0.274 e. The Bertz CT molecular complexity index is 1010. The fraction of sp³-hybridized carbons (Fsp3) is 0.150. The summed E-state index contributed by atoms with van der Waals surface area (Å²) in [4.78, 5) is 20.9. The van der Waals surface area contributed by atoms with Crippen LogP contribution in [0.2, 0.25) is 5.02 Å². The Labute approximate surface area is 167 Å². The van der Waals surface area contributed by atoms with Gasteiger partial charge in [0.25, 0.3) is 5.91 Å². The van der Waals surface area contributed by atoms with Gasteiger partial charge in [0.1, 0.15) is 29.3 Å². The summed E-state index contributed by atoms with van der Waals surface area (Å²) in [6, 6.07) is 12.2. The minimum absolute atomic E-state index is 0.196. The Kier molecular flexibility index (Phi) is 5.96. The van der Waals surface area contributed by atoms with Gasteiger partial charge in [-0.3, -0.25) is 4.79 Å². The van der Waals surface area contributed by atoms with E-state index in [-0.39, 0.29) is 11.6 Å². The summed E-state index contributed by atoms with van der Waals surface area (Å²) in [6.45, 7) is 1.93. The van der Waals surface area contributed by atoms with E-state index in [0.29, 0.717) is 33.7 Å². The van der Waals surface area contributed by atoms with Gasteiger partial charge in [-0.15, -0.1) is 0 Å². The highest BCUT2D eigenvalue weighted by atomic mass is 35.5. The van der Waals surface area contributed by atoms with E-state index in [9.17, 15) is 4.79 Å². The highest BCUT2D eigenvalue weighted by molar-refractivity contribution is 6.31. The zero-order valence-electron chi connectivity index (χ0n) is 15.6. The fourth-order valence-corrected chi connectivity index (χ4v) is 2.74. The van der Waals surface area contributed by atoms with Crippen LogP contribution in [0.25, 0.3) is 0 Å². The molecule has 0 aliphatic heterocycles. The van der Waals surface area contributed by atoms with Crippen LogP contribution in [0.3, 0.4) is 0 Å². The minimum atomic E-state index is -0.382. The van der Waals surface area contributed by atoms with Gasteiger partial charge in [-0.2, -0.15) is 0 Å². The molecule has 3 rings (SSSR count). The molecular formula is C20H19ClN4O3. The molecule has 0 atom stereocenters. The topological polar surface area (TPSA) is 85.4 Å². The molecule has 0 aliphatic carbocycles. The number of carbonyl (C=O) groups excluding carboxylic acids is 1. The van der Waals surface area contributed by atoms with Crippen LogP contribution >= 0.6 is 11.6 Å². The van der Waals surface area contributed by atoms with E-state index in [1.165, 1.54) is 12.4 Å². The van der Waals surface area contributed by atoms with Gasteiger partial charge in [0.05, 0.1) is 25.6 Å². The molecule has 7 nitrogen and oxygen atoms in total. The monoisotopic (exact) mass is 398 g/mol. The van der Waals surface area contributed by atoms with Gasteiger partial charge >= 0.3 is 0 Å². The number of amides is 1. The molecule has 0 radical (unpaired) electrons. The number of nitrogens with one attached hydrogen (secondary N) is 2. The number of hydrogen-bond acceptors (Lipinski definition) is 6. The van der Waals surface area contributed by atoms with Crippen LogP contribution in [0.15, 0.2) is 48.8 Å². The molecule has 8 heteroatoms. The van der Waals surface area contributed by atoms with Crippen molar-refractivity contribution in [1.82, 2.24) is 9.97 Å². The van der Waals surface area contributed by atoms with Crippen LogP contribution in [-0.2, 0) is 0 Å². The van der Waals surface area contributed by atoms with E-state index in [1.807, 2.05) is 19.1 Å². The molecule has 28 heavy (non-hydrogen) atoms. The summed E-state index contributed by atoms with van der Waals surface area (Å²) in [5.41, 5.74) is 2.38. The van der Waals surface area contributed by atoms with Gasteiger partial charge < -0.3 is 20.1 Å². The van der Waals surface area contributed by atoms with Crippen molar-refractivity contribution in [2.45, 2.75) is 6.92 Å². The van der Waals surface area contributed by atoms with Gasteiger partial charge in [-0.25, -0.2) is 9.97 Å². The maximum atomic E-state index is 12.6. The van der Waals surface area contributed by atoms with E-state index in [4.69, 9.17) is 21.1 Å². The van der Waals surface area contributed by atoms with Crippen molar-refractivity contribution < 1.29 is 14.3 Å². The molecule has 2 N–H and O–H groups in total. The largest absolute Gasteiger partial charge is 0.495 e. The molecule has 0 saturated carbocycles. The van der Waals surface area contributed by atoms with Gasteiger partial charge in [0.15, 0.2) is 0 Å². The first-order chi connectivity index (χ1) is 13.5. The summed E-state index contributed by atoms with van der Waals surface area (Å²) < 4.78 is 10.6. The molecule has 2 aromatic carbocycles. The average molecular weight is 399 g/mol. The normalized spacial score (nSPS) is 10.3. The van der Waals surface area contributed by atoms with Crippen LogP contribution < -0.4 is 20.1 Å². The molecule has 1 aromatic heterocycles. The SMILES string of the molecule is COc1ccc(C)cc1NC(=O)c1cc(Nc2cc(Cl)ccc2OC)ncn1. The Hall–Kier alpha value is -3.32. The summed E-state index contributed by atoms with van der Waals surface area (Å²) in [6.07, 6.45) is 1.31. The Morgan fingerprint density at radius 1 is 0.964 bits per heavy atom. The number of benzene rings is 2. The van der Waals surface area contributed by atoms with Crippen molar-refractivity contribution in [3.8, 4) is 11.5 Å². The molecule has 0 fully saturated rings. The number of methoxy groups -OCH3 is 2. The fourth-order valence-electron chi connectivity index (χ4n) is 2.57. The molecule has 0 saturated heterocycles. The lowest BCUT2D eigenvalue weighted by Gasteiger charge is -2.12. The van der Waals surface area contributed by atoms with Crippen molar-refractivity contribution in [3.63, 3.8) is 0 Å². The minimum Gasteiger partial charge on any atom is -0.495 e. The summed E-state index contributed by atoms with van der Waals surface area (Å²) in [5, 5.41) is 6.45. The van der Waals surface area contributed by atoms with E-state index in [1.54, 1.807) is 38.5 Å². The third-order valence-corrected chi connectivity index (χ3v) is 4.16. The second kappa shape index (κ2) is 8.58. The number of aromatic nitrogens is 2. The van der Waals surface area contributed by atoms with Gasteiger partial charge in [-0.1, -0.05) is 17.7 Å². The second-order valence-electron chi connectivity index (χ2n) is 5.92. The molecule has 0 aliphatic rings. The first-order valence-electron chi connectivity index (χ1n) is 8.38. The first kappa shape index (κ1) is 19.4. The lowest BCUT2D eigenvalue weighted by atomic mass is 10.2. The van der Waals surface area contributed by atoms with Gasteiger partial charge in [0, 0.05) is 11.1 Å². The third-order valence-electron chi connectivity index (χ3n) is 3.93. The van der Waals surface area contributed by atoms with Crippen molar-refractivity contribution in [1.29, 1.82) is 0 Å². The van der Waals surface area contributed by atoms with E-state index >= 15 is 0 Å². The lowest BCUT2D eigenvalue weighted by Crippen LogP contribution is -2.15. The molecule has 144 valence electrons. The summed E-state index contributed by atoms with van der Waals surface area (Å²) >= 11 is 6.05. The number of carbonyl (C=O) groups is 1. The van der Waals surface area contributed by atoms with Crippen molar-refractivity contribution in [2.24, 2.45) is 0 Å². The number of hydrogen-bond donors (Lipinski definition) is 2. The number of nitrogens with zero attached hydrogens (tertiary/aromatic N) is 2. The maximum absolute atomic E-state index is 12.6. The second-order valence-corrected chi connectivity index (χ2v) is 6.35. The molecule has 1 amide bonds. The van der Waals surface area contributed by atoms with E-state index in [0.717, 1.165) is 5.56 Å². The van der Waals surface area contributed by atoms with Crippen LogP contribution in [0.1, 0.15) is 16.1 Å². The van der Waals surface area contributed by atoms with Crippen LogP contribution in [0.4, 0.5) is 17.2 Å². The highest BCUT2D eigenvalue weighted by Crippen LogP contribution is 2.30. The number of anilines is 3. The zero-order valence-corrected chi connectivity index (χ0v) is 16.4. The molecular weight excluding hydrogens is 380 g/mol. The van der Waals surface area contributed by atoms with Crippen molar-refractivity contribution in [3.05, 3.63) is 65.1 Å². The van der Waals surface area contributed by atoms with Gasteiger partial charge in [-0.05, 0) is 42.8 Å². The molecule has 1 heterocycles. The van der Waals surface area contributed by atoms with Crippen LogP contribution in [-0.4, -0.2) is 30.1 Å². The molecule has 0 bridgehead atoms. The Balaban J connectivity index is 1.83. The van der Waals surface area contributed by atoms with Crippen molar-refractivity contribution in [2.75, 3.05) is 24.9 Å². The average Bonchev–Trinajstić information content (AvgIpc) is 2.68. The van der Waals surface area contributed by atoms with Crippen molar-refractivity contribution >= 4 is 34.7 Å². The number of ether oxygens (including phenoxy) is 2. The Morgan fingerprint density at radius 3 is 2.43 bits per heavy atom. The molecule has 3 aromatic rings. The van der Waals surface area contributed by atoms with E-state index < -0.39 is 0 Å². The number of aryl methyl sites for hydroxylation is 1. The molecule has 0 spiro atoms. The third kappa shape index (κ3) is 4.50. The smallest absolute Gasteiger partial charge is 0.274 e. The van der Waals surface area contributed by atoms with Gasteiger partial charge in [0.2, 0.25) is 0 Å². The standard InChI is InChI=1S/C20H19ClN4O3/c1-12-4-6-17(27-2)14(8-12)25-20(26)16-10-19(23-11-22-16)24-15-9-13(21)5-7-18(15)28-3/h4-11H,1-3H3,(H,25,26)(H,22,23,24). The Morgan fingerprint density at radius 2 is 1.68 bits per heavy atom.